The number of hydrogen-bond donors (Lipinski definition) is 1. The molecule has 0 aliphatic rings. The van der Waals surface area contributed by atoms with Gasteiger partial charge in [0.2, 0.25) is 0 Å². The van der Waals surface area contributed by atoms with Crippen LogP contribution >= 0.6 is 0 Å². The number of oxazole rings is 1. The number of benzene rings is 1. The lowest BCUT2D eigenvalue weighted by atomic mass is 10.0. The van der Waals surface area contributed by atoms with Gasteiger partial charge < -0.3 is 9.52 Å². The first-order valence-corrected chi connectivity index (χ1v) is 6.33. The molecule has 0 spiro atoms. The summed E-state index contributed by atoms with van der Waals surface area (Å²) >= 11 is 0. The van der Waals surface area contributed by atoms with Gasteiger partial charge >= 0.3 is 5.76 Å². The summed E-state index contributed by atoms with van der Waals surface area (Å²) in [4.78, 5) is 11.9. The normalized spacial score (nSPS) is 10.6. The highest BCUT2D eigenvalue weighted by atomic mass is 16.4. The molecule has 1 N–H and O–H groups in total. The fourth-order valence-electron chi connectivity index (χ4n) is 2.31. The van der Waals surface area contributed by atoms with E-state index < -0.39 is 5.76 Å². The number of aromatic hydroxyl groups is 1. The maximum absolute atomic E-state index is 11.9. The predicted octanol–water partition coefficient (Wildman–Crippen LogP) is 2.94. The van der Waals surface area contributed by atoms with Crippen molar-refractivity contribution in [3.05, 3.63) is 65.7 Å². The van der Waals surface area contributed by atoms with Crippen molar-refractivity contribution in [2.24, 2.45) is 0 Å². The molecule has 104 valence electrons. The molecular weight excluding hydrogens is 254 g/mol. The van der Waals surface area contributed by atoms with E-state index in [9.17, 15) is 9.90 Å². The molecule has 0 radical (unpaired) electrons. The minimum absolute atomic E-state index is 0.163. The molecule has 2 aromatic rings. The van der Waals surface area contributed by atoms with Crippen LogP contribution in [0.4, 0.5) is 0 Å². The summed E-state index contributed by atoms with van der Waals surface area (Å²) in [6.07, 6.45) is 5.94. The molecule has 1 heterocycles. The molecule has 0 aliphatic carbocycles. The second-order valence-corrected chi connectivity index (χ2v) is 4.46. The Morgan fingerprint density at radius 1 is 1.20 bits per heavy atom. The standard InChI is InChI=1S/C16H17NO3/c1-4-7-11-10-13-14(12(8-5-2)15(11)18)17(9-6-3)16(19)20-13/h4-6,10,18H,1-3,7-9H2. The molecule has 0 aliphatic heterocycles. The highest BCUT2D eigenvalue weighted by molar-refractivity contribution is 5.81. The Morgan fingerprint density at radius 2 is 1.90 bits per heavy atom. The van der Waals surface area contributed by atoms with E-state index in [1.54, 1.807) is 24.3 Å². The van der Waals surface area contributed by atoms with Gasteiger partial charge in [-0.15, -0.1) is 19.7 Å². The molecule has 1 aromatic carbocycles. The van der Waals surface area contributed by atoms with E-state index in [0.29, 0.717) is 41.6 Å². The van der Waals surface area contributed by atoms with Gasteiger partial charge in [0.25, 0.3) is 0 Å². The van der Waals surface area contributed by atoms with Crippen LogP contribution in [0, 0.1) is 0 Å². The van der Waals surface area contributed by atoms with Crippen molar-refractivity contribution in [1.82, 2.24) is 4.57 Å². The third-order valence-electron chi connectivity index (χ3n) is 3.13. The average Bonchev–Trinajstić information content (AvgIpc) is 2.72. The van der Waals surface area contributed by atoms with Crippen LogP contribution in [0.1, 0.15) is 11.1 Å². The summed E-state index contributed by atoms with van der Waals surface area (Å²) in [7, 11) is 0. The molecule has 1 aromatic heterocycles. The van der Waals surface area contributed by atoms with Crippen LogP contribution in [-0.2, 0) is 19.4 Å². The van der Waals surface area contributed by atoms with Crippen LogP contribution in [-0.4, -0.2) is 9.67 Å². The molecule has 0 saturated carbocycles. The Morgan fingerprint density at radius 3 is 2.50 bits per heavy atom. The van der Waals surface area contributed by atoms with Crippen molar-refractivity contribution in [3.63, 3.8) is 0 Å². The fraction of sp³-hybridized carbons (Fsp3) is 0.188. The lowest BCUT2D eigenvalue weighted by Crippen LogP contribution is -2.13. The van der Waals surface area contributed by atoms with Gasteiger partial charge in [0.15, 0.2) is 5.58 Å². The number of allylic oxidation sites excluding steroid dienone is 3. The molecule has 0 atom stereocenters. The predicted molar refractivity (Wildman–Crippen MR) is 80.1 cm³/mol. The van der Waals surface area contributed by atoms with E-state index in [2.05, 4.69) is 19.7 Å². The fourth-order valence-corrected chi connectivity index (χ4v) is 2.31. The van der Waals surface area contributed by atoms with Gasteiger partial charge in [0, 0.05) is 17.7 Å². The molecule has 0 amide bonds. The summed E-state index contributed by atoms with van der Waals surface area (Å²) in [6.45, 7) is 11.3. The third-order valence-corrected chi connectivity index (χ3v) is 3.13. The van der Waals surface area contributed by atoms with E-state index in [0.717, 1.165) is 0 Å². The lowest BCUT2D eigenvalue weighted by Gasteiger charge is -2.10. The minimum Gasteiger partial charge on any atom is -0.507 e. The second-order valence-electron chi connectivity index (χ2n) is 4.46. The molecule has 0 bridgehead atoms. The van der Waals surface area contributed by atoms with Crippen molar-refractivity contribution in [3.8, 4) is 5.75 Å². The summed E-state index contributed by atoms with van der Waals surface area (Å²) in [6, 6.07) is 1.68. The Balaban J connectivity index is 2.85. The van der Waals surface area contributed by atoms with Gasteiger partial charge in [-0.05, 0) is 18.9 Å². The maximum atomic E-state index is 11.9. The zero-order valence-electron chi connectivity index (χ0n) is 11.3. The van der Waals surface area contributed by atoms with Gasteiger partial charge in [-0.3, -0.25) is 4.57 Å². The molecular formula is C16H17NO3. The summed E-state index contributed by atoms with van der Waals surface area (Å²) in [5.74, 6) is -0.295. The topological polar surface area (TPSA) is 55.4 Å². The molecule has 0 saturated heterocycles. The van der Waals surface area contributed by atoms with Gasteiger partial charge in [0.1, 0.15) is 5.75 Å². The van der Waals surface area contributed by atoms with Crippen LogP contribution in [0.2, 0.25) is 0 Å². The lowest BCUT2D eigenvalue weighted by molar-refractivity contribution is 0.464. The zero-order chi connectivity index (χ0) is 14.7. The first kappa shape index (κ1) is 13.9. The Kier molecular flexibility index (Phi) is 3.94. The van der Waals surface area contributed by atoms with E-state index in [-0.39, 0.29) is 5.75 Å². The van der Waals surface area contributed by atoms with E-state index in [1.807, 2.05) is 0 Å². The SMILES string of the molecule is C=CCc1cc2oc(=O)n(CC=C)c2c(CC=C)c1O. The molecule has 20 heavy (non-hydrogen) atoms. The Labute approximate surface area is 117 Å². The van der Waals surface area contributed by atoms with E-state index in [1.165, 1.54) is 4.57 Å². The monoisotopic (exact) mass is 271 g/mol. The van der Waals surface area contributed by atoms with Crippen molar-refractivity contribution >= 4 is 11.1 Å². The average molecular weight is 271 g/mol. The van der Waals surface area contributed by atoms with Crippen LogP contribution in [0.5, 0.6) is 5.75 Å². The molecule has 0 fully saturated rings. The van der Waals surface area contributed by atoms with Crippen molar-refractivity contribution < 1.29 is 9.52 Å². The maximum Gasteiger partial charge on any atom is 0.420 e. The number of phenols is 1. The number of nitrogens with zero attached hydrogens (tertiary/aromatic N) is 1. The van der Waals surface area contributed by atoms with Gasteiger partial charge in [-0.25, -0.2) is 4.79 Å². The largest absolute Gasteiger partial charge is 0.507 e. The minimum atomic E-state index is -0.458. The van der Waals surface area contributed by atoms with Crippen LogP contribution in [0.3, 0.4) is 0 Å². The highest BCUT2D eigenvalue weighted by Crippen LogP contribution is 2.32. The number of rotatable bonds is 6. The van der Waals surface area contributed by atoms with Crippen LogP contribution in [0.15, 0.2) is 53.2 Å². The number of hydrogen-bond acceptors (Lipinski definition) is 3. The number of phenolic OH excluding ortho intramolecular Hbond substituents is 1. The third kappa shape index (κ3) is 2.20. The summed E-state index contributed by atoms with van der Waals surface area (Å²) in [5.41, 5.74) is 2.38. The number of fused-ring (bicyclic) bond motifs is 1. The van der Waals surface area contributed by atoms with Gasteiger partial charge in [-0.1, -0.05) is 18.2 Å². The number of aromatic nitrogens is 1. The van der Waals surface area contributed by atoms with Crippen LogP contribution in [0.25, 0.3) is 11.1 Å². The molecule has 4 heteroatoms. The molecule has 0 unspecified atom stereocenters. The smallest absolute Gasteiger partial charge is 0.420 e. The first-order chi connectivity index (χ1) is 9.63. The van der Waals surface area contributed by atoms with Gasteiger partial charge in [0.05, 0.1) is 5.52 Å². The Bertz CT molecular complexity index is 734. The van der Waals surface area contributed by atoms with Crippen molar-refractivity contribution in [1.29, 1.82) is 0 Å². The Hall–Kier alpha value is -2.49. The van der Waals surface area contributed by atoms with Crippen LogP contribution < -0.4 is 5.76 Å². The van der Waals surface area contributed by atoms with E-state index >= 15 is 0 Å². The quantitative estimate of drug-likeness (QED) is 0.822. The molecule has 2 rings (SSSR count). The summed E-state index contributed by atoms with van der Waals surface area (Å²) < 4.78 is 6.72. The van der Waals surface area contributed by atoms with Gasteiger partial charge in [-0.2, -0.15) is 0 Å². The zero-order valence-corrected chi connectivity index (χ0v) is 11.3. The highest BCUT2D eigenvalue weighted by Gasteiger charge is 2.18. The first-order valence-electron chi connectivity index (χ1n) is 6.33. The van der Waals surface area contributed by atoms with E-state index in [4.69, 9.17) is 4.42 Å². The van der Waals surface area contributed by atoms with Crippen molar-refractivity contribution in [2.45, 2.75) is 19.4 Å². The van der Waals surface area contributed by atoms with Crippen molar-refractivity contribution in [2.75, 3.05) is 0 Å². The second kappa shape index (κ2) is 5.65. The summed E-state index contributed by atoms with van der Waals surface area (Å²) in [5, 5.41) is 10.4. The molecule has 4 nitrogen and oxygen atoms in total.